The number of rotatable bonds is 5. The minimum Gasteiger partial charge on any atom is -0.306 e. The van der Waals surface area contributed by atoms with Crippen LogP contribution in [0.3, 0.4) is 0 Å². The number of aryl methyl sites for hydroxylation is 2. The monoisotopic (exact) mass is 430 g/mol. The molecule has 3 aromatic heterocycles. The van der Waals surface area contributed by atoms with E-state index in [0.717, 1.165) is 33.6 Å². The molecule has 4 rings (SSSR count). The lowest BCUT2D eigenvalue weighted by Gasteiger charge is -2.11. The summed E-state index contributed by atoms with van der Waals surface area (Å²) in [6, 6.07) is 7.15. The molecular formula is C20H16F2N4OS2. The topological polar surface area (TPSA) is 59.8 Å². The predicted molar refractivity (Wildman–Crippen MR) is 111 cm³/mol. The third-order valence-electron chi connectivity index (χ3n) is 4.32. The first-order valence-corrected chi connectivity index (χ1v) is 10.4. The summed E-state index contributed by atoms with van der Waals surface area (Å²) < 4.78 is 28.9. The maximum Gasteiger partial charge on any atom is 0.268 e. The highest BCUT2D eigenvalue weighted by Gasteiger charge is 2.20. The van der Waals surface area contributed by atoms with Crippen molar-refractivity contribution in [2.24, 2.45) is 0 Å². The van der Waals surface area contributed by atoms with E-state index >= 15 is 0 Å². The Hall–Kier alpha value is -2.91. The Morgan fingerprint density at radius 2 is 2.07 bits per heavy atom. The molecule has 0 atom stereocenters. The minimum absolute atomic E-state index is 0.00480. The van der Waals surface area contributed by atoms with Gasteiger partial charge in [-0.05, 0) is 43.5 Å². The lowest BCUT2D eigenvalue weighted by Crippen LogP contribution is -2.17. The van der Waals surface area contributed by atoms with Crippen LogP contribution in [0.1, 0.15) is 26.5 Å². The lowest BCUT2D eigenvalue weighted by molar-refractivity contribution is 0.102. The lowest BCUT2D eigenvalue weighted by atomic mass is 10.2. The summed E-state index contributed by atoms with van der Waals surface area (Å²) in [6.45, 7) is 3.57. The number of hydrogen-bond acceptors (Lipinski definition) is 5. The van der Waals surface area contributed by atoms with Gasteiger partial charge in [-0.2, -0.15) is 5.10 Å². The minimum atomic E-state index is -0.532. The van der Waals surface area contributed by atoms with Gasteiger partial charge in [0.15, 0.2) is 0 Å². The van der Waals surface area contributed by atoms with Gasteiger partial charge in [0.05, 0.1) is 23.3 Å². The number of halogens is 2. The fraction of sp³-hybridized carbons (Fsp3) is 0.150. The van der Waals surface area contributed by atoms with Gasteiger partial charge < -0.3 is 5.32 Å². The van der Waals surface area contributed by atoms with Crippen LogP contribution in [0.5, 0.6) is 0 Å². The first-order chi connectivity index (χ1) is 13.9. The second kappa shape index (κ2) is 7.84. The summed E-state index contributed by atoms with van der Waals surface area (Å²) in [4.78, 5) is 18.9. The zero-order valence-corrected chi connectivity index (χ0v) is 17.2. The molecular weight excluding hydrogens is 414 g/mol. The van der Waals surface area contributed by atoms with Crippen molar-refractivity contribution in [1.29, 1.82) is 0 Å². The van der Waals surface area contributed by atoms with E-state index in [0.29, 0.717) is 16.4 Å². The fourth-order valence-corrected chi connectivity index (χ4v) is 4.62. The van der Waals surface area contributed by atoms with E-state index in [4.69, 9.17) is 0 Å². The van der Waals surface area contributed by atoms with Crippen LogP contribution in [-0.4, -0.2) is 20.7 Å². The molecule has 1 aromatic carbocycles. The molecule has 4 aromatic rings. The average molecular weight is 431 g/mol. The van der Waals surface area contributed by atoms with Crippen LogP contribution >= 0.6 is 22.7 Å². The largest absolute Gasteiger partial charge is 0.306 e. The summed E-state index contributed by atoms with van der Waals surface area (Å²) in [5.41, 5.74) is 1.50. The van der Waals surface area contributed by atoms with Crippen LogP contribution in [0.2, 0.25) is 0 Å². The van der Waals surface area contributed by atoms with Crippen molar-refractivity contribution < 1.29 is 13.6 Å². The third kappa shape index (κ3) is 3.96. The number of anilines is 1. The number of benzene rings is 1. The van der Waals surface area contributed by atoms with Gasteiger partial charge in [-0.1, -0.05) is 6.07 Å². The highest BCUT2D eigenvalue weighted by molar-refractivity contribution is 7.22. The van der Waals surface area contributed by atoms with E-state index in [9.17, 15) is 13.6 Å². The molecule has 0 aliphatic rings. The Morgan fingerprint density at radius 3 is 2.83 bits per heavy atom. The van der Waals surface area contributed by atoms with Gasteiger partial charge in [-0.15, -0.1) is 22.7 Å². The number of thiophene rings is 1. The van der Waals surface area contributed by atoms with Gasteiger partial charge in [-0.25, -0.2) is 18.4 Å². The molecule has 0 unspecified atom stereocenters. The van der Waals surface area contributed by atoms with Crippen molar-refractivity contribution in [2.75, 3.05) is 5.32 Å². The van der Waals surface area contributed by atoms with Gasteiger partial charge in [-0.3, -0.25) is 4.79 Å². The molecule has 1 N–H and O–H groups in total. The van der Waals surface area contributed by atoms with Crippen LogP contribution < -0.4 is 5.32 Å². The Morgan fingerprint density at radius 1 is 1.24 bits per heavy atom. The van der Waals surface area contributed by atoms with Crippen LogP contribution in [-0.2, 0) is 6.54 Å². The maximum absolute atomic E-state index is 14.0. The number of hydrogen-bond donors (Lipinski definition) is 1. The number of amides is 1. The van der Waals surface area contributed by atoms with E-state index < -0.39 is 11.6 Å². The molecule has 5 nitrogen and oxygen atoms in total. The van der Waals surface area contributed by atoms with Crippen molar-refractivity contribution in [3.05, 3.63) is 75.2 Å². The third-order valence-corrected chi connectivity index (χ3v) is 6.51. The zero-order valence-electron chi connectivity index (χ0n) is 15.6. The normalized spacial score (nSPS) is 11.0. The summed E-state index contributed by atoms with van der Waals surface area (Å²) in [5.74, 6) is -0.940. The molecule has 0 fully saturated rings. The van der Waals surface area contributed by atoms with Gasteiger partial charge in [0, 0.05) is 11.1 Å². The van der Waals surface area contributed by atoms with E-state index in [2.05, 4.69) is 15.4 Å². The molecule has 0 aliphatic carbocycles. The van der Waals surface area contributed by atoms with Crippen molar-refractivity contribution in [2.45, 2.75) is 20.4 Å². The van der Waals surface area contributed by atoms with E-state index in [1.165, 1.54) is 16.0 Å². The second-order valence-electron chi connectivity index (χ2n) is 6.43. The first-order valence-electron chi connectivity index (χ1n) is 8.71. The molecule has 3 heterocycles. The van der Waals surface area contributed by atoms with Crippen molar-refractivity contribution in [1.82, 2.24) is 14.8 Å². The first kappa shape index (κ1) is 19.4. The summed E-state index contributed by atoms with van der Waals surface area (Å²) in [5, 5.41) is 9.79. The Balaban J connectivity index is 1.60. The highest BCUT2D eigenvalue weighted by atomic mass is 32.1. The van der Waals surface area contributed by atoms with Crippen LogP contribution in [0.4, 0.5) is 14.6 Å². The quantitative estimate of drug-likeness (QED) is 0.470. The molecule has 0 radical (unpaired) electrons. The summed E-state index contributed by atoms with van der Waals surface area (Å²) in [7, 11) is 0. The van der Waals surface area contributed by atoms with Gasteiger partial charge in [0.1, 0.15) is 27.3 Å². The van der Waals surface area contributed by atoms with Crippen molar-refractivity contribution in [3.8, 4) is 9.88 Å². The average Bonchev–Trinajstić information content (AvgIpc) is 3.41. The standard InChI is InChI=1S/C20H16F2N4OS2/c1-11-9-23-26(10-13-8-14(21)5-6-15(13)22)18(11)25-19(27)17-12(2)24-20(29-17)16-4-3-7-28-16/h3-9H,10H2,1-2H3,(H,25,27). The van der Waals surface area contributed by atoms with Crippen LogP contribution in [0.15, 0.2) is 41.9 Å². The highest BCUT2D eigenvalue weighted by Crippen LogP contribution is 2.31. The molecule has 0 saturated carbocycles. The van der Waals surface area contributed by atoms with E-state index in [-0.39, 0.29) is 18.0 Å². The number of nitrogens with zero attached hydrogens (tertiary/aromatic N) is 3. The van der Waals surface area contributed by atoms with Gasteiger partial charge >= 0.3 is 0 Å². The molecule has 0 bridgehead atoms. The van der Waals surface area contributed by atoms with E-state index in [1.807, 2.05) is 17.5 Å². The molecule has 9 heteroatoms. The van der Waals surface area contributed by atoms with Crippen molar-refractivity contribution >= 4 is 34.4 Å². The number of nitrogens with one attached hydrogen (secondary N) is 1. The fourth-order valence-electron chi connectivity index (χ4n) is 2.86. The number of aromatic nitrogens is 3. The molecule has 148 valence electrons. The second-order valence-corrected chi connectivity index (χ2v) is 8.38. The molecule has 0 aliphatic heterocycles. The molecule has 0 spiro atoms. The molecule has 29 heavy (non-hydrogen) atoms. The SMILES string of the molecule is Cc1cnn(Cc2cc(F)ccc2F)c1NC(=O)c1sc(-c2cccs2)nc1C. The summed E-state index contributed by atoms with van der Waals surface area (Å²) >= 11 is 2.87. The van der Waals surface area contributed by atoms with Crippen LogP contribution in [0, 0.1) is 25.5 Å². The van der Waals surface area contributed by atoms with Gasteiger partial charge in [0.25, 0.3) is 5.91 Å². The number of carbonyl (C=O) groups is 1. The molecule has 1 amide bonds. The smallest absolute Gasteiger partial charge is 0.268 e. The number of carbonyl (C=O) groups excluding carboxylic acids is 1. The Labute approximate surface area is 173 Å². The number of thiazole rings is 1. The Kier molecular flexibility index (Phi) is 5.25. The van der Waals surface area contributed by atoms with Crippen LogP contribution in [0.25, 0.3) is 9.88 Å². The van der Waals surface area contributed by atoms with Gasteiger partial charge in [0.2, 0.25) is 0 Å². The predicted octanol–water partition coefficient (Wildman–Crippen LogP) is 5.26. The zero-order chi connectivity index (χ0) is 20.5. The van der Waals surface area contributed by atoms with Crippen molar-refractivity contribution in [3.63, 3.8) is 0 Å². The summed E-state index contributed by atoms with van der Waals surface area (Å²) in [6.07, 6.45) is 1.57. The Bertz CT molecular complexity index is 1180. The molecule has 0 saturated heterocycles. The van der Waals surface area contributed by atoms with E-state index in [1.54, 1.807) is 31.4 Å². The maximum atomic E-state index is 14.0.